The molecule has 1 aromatic heterocycles. The number of aryl methyl sites for hydroxylation is 1. The fraction of sp³-hybridized carbons (Fsp3) is 0.474. The Kier molecular flexibility index (Phi) is 6.01. The molecule has 130 valence electrons. The molecule has 24 heavy (non-hydrogen) atoms. The Morgan fingerprint density at radius 1 is 1.25 bits per heavy atom. The van der Waals surface area contributed by atoms with Crippen molar-refractivity contribution in [3.05, 3.63) is 41.2 Å². The third-order valence-corrected chi connectivity index (χ3v) is 3.90. The number of nitrogens with zero attached hydrogens (tertiary/aromatic N) is 2. The van der Waals surface area contributed by atoms with Crippen LogP contribution in [0, 0.1) is 19.8 Å². The molecule has 5 nitrogen and oxygen atoms in total. The molecule has 0 radical (unpaired) electrons. The molecule has 0 aliphatic heterocycles. The van der Waals surface area contributed by atoms with E-state index in [1.54, 1.807) is 0 Å². The van der Waals surface area contributed by atoms with Gasteiger partial charge < -0.3 is 10.1 Å². The number of nitrogens with one attached hydrogen (secondary N) is 1. The number of carbonyl (C=O) groups is 1. The van der Waals surface area contributed by atoms with Gasteiger partial charge in [-0.1, -0.05) is 13.8 Å². The first kappa shape index (κ1) is 18.0. The Morgan fingerprint density at radius 3 is 2.50 bits per heavy atom. The summed E-state index contributed by atoms with van der Waals surface area (Å²) in [5.41, 5.74) is 3.95. The molecule has 0 bridgehead atoms. The van der Waals surface area contributed by atoms with Gasteiger partial charge in [0.05, 0.1) is 18.8 Å². The van der Waals surface area contributed by atoms with E-state index in [-0.39, 0.29) is 12.5 Å². The third-order valence-electron chi connectivity index (χ3n) is 3.90. The fourth-order valence-electron chi connectivity index (χ4n) is 2.71. The second-order valence-electron chi connectivity index (χ2n) is 6.36. The van der Waals surface area contributed by atoms with Gasteiger partial charge in [0.1, 0.15) is 5.75 Å². The standard InChI is InChI=1S/C19H27N3O2/c1-6-24-17-9-7-16(8-10-17)20-12-19(23)22-15(5)18(11-13(2)3)14(4)21-22/h7-10,13,20H,6,11-12H2,1-5H3. The molecule has 0 aliphatic carbocycles. The summed E-state index contributed by atoms with van der Waals surface area (Å²) in [6.45, 7) is 11.1. The molecule has 0 saturated carbocycles. The molecule has 0 fully saturated rings. The molecule has 0 unspecified atom stereocenters. The molecule has 1 N–H and O–H groups in total. The van der Waals surface area contributed by atoms with E-state index < -0.39 is 0 Å². The number of rotatable bonds is 7. The zero-order valence-corrected chi connectivity index (χ0v) is 15.2. The van der Waals surface area contributed by atoms with Crippen molar-refractivity contribution in [3.8, 4) is 5.75 Å². The van der Waals surface area contributed by atoms with Crippen LogP contribution in [-0.2, 0) is 6.42 Å². The van der Waals surface area contributed by atoms with Crippen molar-refractivity contribution in [1.82, 2.24) is 9.78 Å². The summed E-state index contributed by atoms with van der Waals surface area (Å²) in [5.74, 6) is 1.31. The number of benzene rings is 1. The van der Waals surface area contributed by atoms with Crippen LogP contribution in [0.5, 0.6) is 5.75 Å². The minimum atomic E-state index is -0.0560. The van der Waals surface area contributed by atoms with Crippen molar-refractivity contribution in [2.75, 3.05) is 18.5 Å². The van der Waals surface area contributed by atoms with Gasteiger partial charge in [0.15, 0.2) is 0 Å². The van der Waals surface area contributed by atoms with Crippen LogP contribution < -0.4 is 10.1 Å². The molecule has 2 aromatic rings. The summed E-state index contributed by atoms with van der Waals surface area (Å²) in [4.78, 5) is 12.5. The summed E-state index contributed by atoms with van der Waals surface area (Å²) >= 11 is 0. The predicted molar refractivity (Wildman–Crippen MR) is 97.0 cm³/mol. The second-order valence-corrected chi connectivity index (χ2v) is 6.36. The van der Waals surface area contributed by atoms with E-state index in [1.165, 1.54) is 10.2 Å². The van der Waals surface area contributed by atoms with Gasteiger partial charge in [-0.3, -0.25) is 4.79 Å². The fourth-order valence-corrected chi connectivity index (χ4v) is 2.71. The average molecular weight is 329 g/mol. The highest BCUT2D eigenvalue weighted by Gasteiger charge is 2.17. The van der Waals surface area contributed by atoms with Crippen LogP contribution in [0.1, 0.15) is 42.5 Å². The lowest BCUT2D eigenvalue weighted by Gasteiger charge is -2.09. The number of anilines is 1. The Bertz CT molecular complexity index is 687. The SMILES string of the molecule is CCOc1ccc(NCC(=O)n2nc(C)c(CC(C)C)c2C)cc1. The van der Waals surface area contributed by atoms with Crippen molar-refractivity contribution in [3.63, 3.8) is 0 Å². The maximum atomic E-state index is 12.5. The minimum absolute atomic E-state index is 0.0560. The van der Waals surface area contributed by atoms with Crippen molar-refractivity contribution in [2.24, 2.45) is 5.92 Å². The van der Waals surface area contributed by atoms with Gasteiger partial charge in [-0.2, -0.15) is 5.10 Å². The monoisotopic (exact) mass is 329 g/mol. The summed E-state index contributed by atoms with van der Waals surface area (Å²) in [6.07, 6.45) is 0.942. The molecule has 0 atom stereocenters. The summed E-state index contributed by atoms with van der Waals surface area (Å²) in [6, 6.07) is 7.59. The Morgan fingerprint density at radius 2 is 1.92 bits per heavy atom. The average Bonchev–Trinajstić information content (AvgIpc) is 2.82. The smallest absolute Gasteiger partial charge is 0.266 e. The zero-order chi connectivity index (χ0) is 17.7. The lowest BCUT2D eigenvalue weighted by molar-refractivity contribution is 0.0910. The number of aromatic nitrogens is 2. The highest BCUT2D eigenvalue weighted by molar-refractivity contribution is 5.83. The number of ether oxygens (including phenoxy) is 1. The van der Waals surface area contributed by atoms with Gasteiger partial charge in [0, 0.05) is 11.4 Å². The second kappa shape index (κ2) is 7.99. The molecule has 2 rings (SSSR count). The van der Waals surface area contributed by atoms with Crippen LogP contribution in [0.15, 0.2) is 24.3 Å². The molecular weight excluding hydrogens is 302 g/mol. The summed E-state index contributed by atoms with van der Waals surface area (Å²) < 4.78 is 6.93. The van der Waals surface area contributed by atoms with Crippen molar-refractivity contribution in [1.29, 1.82) is 0 Å². The molecule has 5 heteroatoms. The van der Waals surface area contributed by atoms with Crippen molar-refractivity contribution < 1.29 is 9.53 Å². The Labute approximate surface area is 144 Å². The highest BCUT2D eigenvalue weighted by Crippen LogP contribution is 2.18. The third kappa shape index (κ3) is 4.37. The molecule has 0 saturated heterocycles. The molecule has 0 aliphatic rings. The summed E-state index contributed by atoms with van der Waals surface area (Å²) in [7, 11) is 0. The number of hydrogen-bond donors (Lipinski definition) is 1. The molecule has 0 amide bonds. The number of carbonyl (C=O) groups excluding carboxylic acids is 1. The van der Waals surface area contributed by atoms with E-state index in [9.17, 15) is 4.79 Å². The first-order valence-corrected chi connectivity index (χ1v) is 8.47. The molecule has 1 aromatic carbocycles. The van der Waals surface area contributed by atoms with Gasteiger partial charge >= 0.3 is 0 Å². The van der Waals surface area contributed by atoms with Gasteiger partial charge in [-0.05, 0) is 62.9 Å². The van der Waals surface area contributed by atoms with Gasteiger partial charge in [-0.25, -0.2) is 4.68 Å². The zero-order valence-electron chi connectivity index (χ0n) is 15.2. The van der Waals surface area contributed by atoms with E-state index in [4.69, 9.17) is 4.74 Å². The highest BCUT2D eigenvalue weighted by atomic mass is 16.5. The van der Waals surface area contributed by atoms with E-state index >= 15 is 0 Å². The largest absolute Gasteiger partial charge is 0.494 e. The van der Waals surface area contributed by atoms with Crippen LogP contribution in [0.25, 0.3) is 0 Å². The maximum Gasteiger partial charge on any atom is 0.266 e. The van der Waals surface area contributed by atoms with E-state index in [0.29, 0.717) is 12.5 Å². The first-order chi connectivity index (χ1) is 11.4. The first-order valence-electron chi connectivity index (χ1n) is 8.47. The lowest BCUT2D eigenvalue weighted by atomic mass is 10.0. The number of hydrogen-bond acceptors (Lipinski definition) is 4. The van der Waals surface area contributed by atoms with Crippen molar-refractivity contribution in [2.45, 2.75) is 41.0 Å². The van der Waals surface area contributed by atoms with Gasteiger partial charge in [0.25, 0.3) is 5.91 Å². The normalized spacial score (nSPS) is 10.9. The molecule has 1 heterocycles. The van der Waals surface area contributed by atoms with E-state index in [1.807, 2.05) is 45.0 Å². The van der Waals surface area contributed by atoms with E-state index in [0.717, 1.165) is 29.2 Å². The van der Waals surface area contributed by atoms with Crippen LogP contribution in [-0.4, -0.2) is 28.8 Å². The van der Waals surface area contributed by atoms with Crippen LogP contribution in [0.3, 0.4) is 0 Å². The topological polar surface area (TPSA) is 56.1 Å². The maximum absolute atomic E-state index is 12.5. The van der Waals surface area contributed by atoms with Gasteiger partial charge in [0.2, 0.25) is 0 Å². The molecule has 0 spiro atoms. The Balaban J connectivity index is 2.02. The van der Waals surface area contributed by atoms with E-state index in [2.05, 4.69) is 24.3 Å². The van der Waals surface area contributed by atoms with Crippen LogP contribution in [0.4, 0.5) is 5.69 Å². The lowest BCUT2D eigenvalue weighted by Crippen LogP contribution is -2.23. The van der Waals surface area contributed by atoms with Crippen molar-refractivity contribution >= 4 is 11.6 Å². The van der Waals surface area contributed by atoms with Crippen LogP contribution in [0.2, 0.25) is 0 Å². The van der Waals surface area contributed by atoms with Crippen LogP contribution >= 0.6 is 0 Å². The summed E-state index contributed by atoms with van der Waals surface area (Å²) in [5, 5.41) is 7.56. The van der Waals surface area contributed by atoms with Gasteiger partial charge in [-0.15, -0.1) is 0 Å². The molecular formula is C19H27N3O2. The predicted octanol–water partition coefficient (Wildman–Crippen LogP) is 3.85. The quantitative estimate of drug-likeness (QED) is 0.838. The Hall–Kier alpha value is -2.30. The minimum Gasteiger partial charge on any atom is -0.494 e.